The molecule has 1 aromatic heterocycles. The summed E-state index contributed by atoms with van der Waals surface area (Å²) >= 11 is 12.7. The minimum Gasteiger partial charge on any atom is -0.440 e. The second-order valence-corrected chi connectivity index (χ2v) is 7.97. The molecule has 2 N–H and O–H groups in total. The molecular formula is C21H19Cl2N3O3. The molecule has 1 aromatic carbocycles. The molecule has 8 heteroatoms. The number of ether oxygens (including phenoxy) is 2. The van der Waals surface area contributed by atoms with Crippen LogP contribution < -0.4 is 16.0 Å². The number of allylic oxidation sites excluding steroid dienone is 1. The molecule has 0 bridgehead atoms. The molecule has 0 amide bonds. The summed E-state index contributed by atoms with van der Waals surface area (Å²) in [5, 5.41) is 10.4. The van der Waals surface area contributed by atoms with E-state index in [4.69, 9.17) is 38.4 Å². The molecule has 150 valence electrons. The number of halogens is 2. The highest BCUT2D eigenvalue weighted by molar-refractivity contribution is 6.42. The summed E-state index contributed by atoms with van der Waals surface area (Å²) < 4.78 is 13.0. The average molecular weight is 432 g/mol. The zero-order valence-corrected chi connectivity index (χ0v) is 17.3. The van der Waals surface area contributed by atoms with E-state index in [1.54, 1.807) is 28.8 Å². The van der Waals surface area contributed by atoms with E-state index < -0.39 is 5.92 Å². The van der Waals surface area contributed by atoms with E-state index in [1.165, 1.54) is 0 Å². The van der Waals surface area contributed by atoms with E-state index >= 15 is 0 Å². The Kier molecular flexibility index (Phi) is 5.30. The minimum atomic E-state index is -0.765. The van der Waals surface area contributed by atoms with Gasteiger partial charge in [0.05, 0.1) is 34.2 Å². The fraction of sp³-hybridized carbons (Fsp3) is 0.333. The van der Waals surface area contributed by atoms with Gasteiger partial charge in [0, 0.05) is 18.4 Å². The molecule has 1 saturated heterocycles. The van der Waals surface area contributed by atoms with Gasteiger partial charge in [0.1, 0.15) is 17.4 Å². The molecule has 0 spiro atoms. The molecule has 0 aliphatic carbocycles. The SMILES string of the molecule is Cc1cc2c(c(=O)n1C[C@H]1CCCO1)[C@@H](c1cccc(Cl)c1Cl)C(C#N)=C(N)O2. The van der Waals surface area contributed by atoms with Crippen molar-refractivity contribution in [3.05, 3.63) is 72.9 Å². The van der Waals surface area contributed by atoms with Crippen molar-refractivity contribution in [2.24, 2.45) is 5.73 Å². The largest absolute Gasteiger partial charge is 0.440 e. The van der Waals surface area contributed by atoms with Gasteiger partial charge in [-0.1, -0.05) is 35.3 Å². The lowest BCUT2D eigenvalue weighted by Gasteiger charge is -2.28. The van der Waals surface area contributed by atoms with Crippen molar-refractivity contribution in [3.63, 3.8) is 0 Å². The number of pyridine rings is 1. The summed E-state index contributed by atoms with van der Waals surface area (Å²) in [5.74, 6) is -0.482. The second-order valence-electron chi connectivity index (χ2n) is 7.18. The number of nitrogens with two attached hydrogens (primary N) is 1. The van der Waals surface area contributed by atoms with E-state index in [0.717, 1.165) is 18.5 Å². The van der Waals surface area contributed by atoms with Crippen molar-refractivity contribution in [2.75, 3.05) is 6.61 Å². The van der Waals surface area contributed by atoms with Gasteiger partial charge in [0.2, 0.25) is 5.88 Å². The topological polar surface area (TPSA) is 90.3 Å². The number of hydrogen-bond acceptors (Lipinski definition) is 5. The molecule has 0 unspecified atom stereocenters. The van der Waals surface area contributed by atoms with Gasteiger partial charge < -0.3 is 19.8 Å². The van der Waals surface area contributed by atoms with Crippen LogP contribution in [0.3, 0.4) is 0 Å². The van der Waals surface area contributed by atoms with Crippen LogP contribution in [0.25, 0.3) is 0 Å². The molecule has 6 nitrogen and oxygen atoms in total. The average Bonchev–Trinajstić information content (AvgIpc) is 3.20. The van der Waals surface area contributed by atoms with Crippen LogP contribution in [0.5, 0.6) is 5.75 Å². The molecule has 2 atom stereocenters. The van der Waals surface area contributed by atoms with Crippen LogP contribution in [0.1, 0.15) is 35.6 Å². The fourth-order valence-electron chi connectivity index (χ4n) is 3.96. The standard InChI is InChI=1S/C21H19Cl2N3O3/c1-11-8-16-18(21(27)26(11)10-12-4-3-7-28-12)17(14(9-24)20(25)29-16)13-5-2-6-15(22)19(13)23/h2,5-6,8,12,17H,3-4,7,10,25H2,1H3/t12-,17+/m1/s1. The maximum absolute atomic E-state index is 13.5. The van der Waals surface area contributed by atoms with E-state index in [2.05, 4.69) is 6.07 Å². The first-order valence-electron chi connectivity index (χ1n) is 9.29. The highest BCUT2D eigenvalue weighted by Gasteiger charge is 2.36. The van der Waals surface area contributed by atoms with Crippen molar-refractivity contribution in [1.82, 2.24) is 4.57 Å². The summed E-state index contributed by atoms with van der Waals surface area (Å²) in [5.41, 5.74) is 7.49. The summed E-state index contributed by atoms with van der Waals surface area (Å²) in [7, 11) is 0. The van der Waals surface area contributed by atoms with E-state index in [9.17, 15) is 10.1 Å². The molecule has 0 saturated carbocycles. The summed E-state index contributed by atoms with van der Waals surface area (Å²) in [6.07, 6.45) is 1.86. The summed E-state index contributed by atoms with van der Waals surface area (Å²) in [6.45, 7) is 2.97. The molecule has 29 heavy (non-hydrogen) atoms. The van der Waals surface area contributed by atoms with Gasteiger partial charge in [0.15, 0.2) is 0 Å². The number of aromatic nitrogens is 1. The maximum atomic E-state index is 13.5. The second kappa shape index (κ2) is 7.75. The Morgan fingerprint density at radius 3 is 2.86 bits per heavy atom. The van der Waals surface area contributed by atoms with Crippen molar-refractivity contribution < 1.29 is 9.47 Å². The third-order valence-corrected chi connectivity index (χ3v) is 6.23. The molecule has 2 aliphatic rings. The quantitative estimate of drug-likeness (QED) is 0.796. The zero-order valence-electron chi connectivity index (χ0n) is 15.7. The molecule has 0 radical (unpaired) electrons. The Morgan fingerprint density at radius 2 is 2.17 bits per heavy atom. The number of nitriles is 1. The van der Waals surface area contributed by atoms with Crippen LogP contribution in [0.15, 0.2) is 40.5 Å². The fourth-order valence-corrected chi connectivity index (χ4v) is 4.38. The van der Waals surface area contributed by atoms with Crippen molar-refractivity contribution >= 4 is 23.2 Å². The van der Waals surface area contributed by atoms with Gasteiger partial charge >= 0.3 is 0 Å². The molecule has 2 aromatic rings. The predicted octanol–water partition coefficient (Wildman–Crippen LogP) is 3.86. The first-order chi connectivity index (χ1) is 13.9. The number of fused-ring (bicyclic) bond motifs is 1. The molecule has 2 aliphatic heterocycles. The highest BCUT2D eigenvalue weighted by atomic mass is 35.5. The maximum Gasteiger partial charge on any atom is 0.258 e. The van der Waals surface area contributed by atoms with Gasteiger partial charge in [-0.15, -0.1) is 0 Å². The first-order valence-corrected chi connectivity index (χ1v) is 10.1. The minimum absolute atomic E-state index is 0.0155. The number of nitrogens with zero attached hydrogens (tertiary/aromatic N) is 2. The monoisotopic (exact) mass is 431 g/mol. The van der Waals surface area contributed by atoms with E-state index in [1.807, 2.05) is 6.92 Å². The molecule has 4 rings (SSSR count). The first kappa shape index (κ1) is 19.8. The predicted molar refractivity (Wildman–Crippen MR) is 110 cm³/mol. The van der Waals surface area contributed by atoms with Crippen LogP contribution in [0, 0.1) is 18.3 Å². The normalized spacial score (nSPS) is 20.9. The lowest BCUT2D eigenvalue weighted by molar-refractivity contribution is 0.0955. The Balaban J connectivity index is 1.94. The number of aryl methyl sites for hydroxylation is 1. The lowest BCUT2D eigenvalue weighted by atomic mass is 9.84. The van der Waals surface area contributed by atoms with E-state index in [-0.39, 0.29) is 28.1 Å². The van der Waals surface area contributed by atoms with Gasteiger partial charge in [-0.25, -0.2) is 0 Å². The van der Waals surface area contributed by atoms with Crippen LogP contribution >= 0.6 is 23.2 Å². The van der Waals surface area contributed by atoms with Crippen LogP contribution in [0.4, 0.5) is 0 Å². The van der Waals surface area contributed by atoms with Gasteiger partial charge in [-0.05, 0) is 31.4 Å². The zero-order chi connectivity index (χ0) is 20.7. The summed E-state index contributed by atoms with van der Waals surface area (Å²) in [6, 6.07) is 8.96. The summed E-state index contributed by atoms with van der Waals surface area (Å²) in [4.78, 5) is 13.5. The Bertz CT molecular complexity index is 1110. The Morgan fingerprint density at radius 1 is 1.38 bits per heavy atom. The highest BCUT2D eigenvalue weighted by Crippen LogP contribution is 2.44. The molecular weight excluding hydrogens is 413 g/mol. The van der Waals surface area contributed by atoms with Gasteiger partial charge in [-0.2, -0.15) is 5.26 Å². The van der Waals surface area contributed by atoms with Crippen LogP contribution in [0.2, 0.25) is 10.0 Å². The molecule has 3 heterocycles. The number of rotatable bonds is 3. The van der Waals surface area contributed by atoms with Gasteiger partial charge in [0.25, 0.3) is 5.56 Å². The number of benzene rings is 1. The number of hydrogen-bond donors (Lipinski definition) is 1. The van der Waals surface area contributed by atoms with Crippen LogP contribution in [-0.2, 0) is 11.3 Å². The molecule has 1 fully saturated rings. The van der Waals surface area contributed by atoms with Crippen molar-refractivity contribution in [1.29, 1.82) is 5.26 Å². The van der Waals surface area contributed by atoms with E-state index in [0.29, 0.717) is 35.1 Å². The van der Waals surface area contributed by atoms with Crippen molar-refractivity contribution in [2.45, 2.75) is 38.3 Å². The Hall–Kier alpha value is -2.46. The Labute approximate surface area is 178 Å². The third-order valence-electron chi connectivity index (χ3n) is 5.39. The van der Waals surface area contributed by atoms with Crippen molar-refractivity contribution in [3.8, 4) is 11.8 Å². The van der Waals surface area contributed by atoms with Gasteiger partial charge in [-0.3, -0.25) is 4.79 Å². The lowest BCUT2D eigenvalue weighted by Crippen LogP contribution is -2.35. The third kappa shape index (κ3) is 3.40. The van der Waals surface area contributed by atoms with Crippen LogP contribution in [-0.4, -0.2) is 17.3 Å². The smallest absolute Gasteiger partial charge is 0.258 e.